The zero-order valence-electron chi connectivity index (χ0n) is 13.0. The molecule has 0 saturated carbocycles. The lowest BCUT2D eigenvalue weighted by atomic mass is 10.1. The van der Waals surface area contributed by atoms with Gasteiger partial charge in [-0.15, -0.1) is 0 Å². The van der Waals surface area contributed by atoms with E-state index in [9.17, 15) is 9.50 Å². The molecule has 1 aliphatic heterocycles. The molecule has 4 nitrogen and oxygen atoms in total. The Kier molecular flexibility index (Phi) is 5.32. The smallest absolute Gasteiger partial charge is 0.127 e. The highest BCUT2D eigenvalue weighted by Gasteiger charge is 2.23. The summed E-state index contributed by atoms with van der Waals surface area (Å²) in [5, 5.41) is 9.85. The zero-order valence-corrected chi connectivity index (χ0v) is 13.0. The Morgan fingerprint density at radius 3 is 2.38 bits per heavy atom. The summed E-state index contributed by atoms with van der Waals surface area (Å²) in [6, 6.07) is 5.10. The number of nitrogens with zero attached hydrogens (tertiary/aromatic N) is 2. The van der Waals surface area contributed by atoms with Crippen LogP contribution in [0.4, 0.5) is 4.39 Å². The van der Waals surface area contributed by atoms with Crippen molar-refractivity contribution in [3.8, 4) is 0 Å². The minimum Gasteiger partial charge on any atom is -0.389 e. The fourth-order valence-electron chi connectivity index (χ4n) is 2.77. The van der Waals surface area contributed by atoms with Crippen molar-refractivity contribution in [2.45, 2.75) is 32.5 Å². The van der Waals surface area contributed by atoms with Crippen LogP contribution in [0.2, 0.25) is 0 Å². The first-order valence-corrected chi connectivity index (χ1v) is 7.52. The molecule has 21 heavy (non-hydrogen) atoms. The minimum absolute atomic E-state index is 0.161. The molecule has 118 valence electrons. The van der Waals surface area contributed by atoms with Gasteiger partial charge in [-0.1, -0.05) is 12.1 Å². The number of nitrogens with two attached hydrogens (primary N) is 1. The Labute approximate surface area is 126 Å². The first kappa shape index (κ1) is 16.4. The quantitative estimate of drug-likeness (QED) is 0.856. The first-order valence-electron chi connectivity index (χ1n) is 7.52. The van der Waals surface area contributed by atoms with E-state index in [2.05, 4.69) is 9.80 Å². The molecule has 1 aromatic rings. The lowest BCUT2D eigenvalue weighted by Gasteiger charge is -2.37. The van der Waals surface area contributed by atoms with Crippen LogP contribution in [-0.2, 0) is 13.1 Å². The second kappa shape index (κ2) is 6.83. The molecule has 0 aromatic heterocycles. The van der Waals surface area contributed by atoms with Crippen molar-refractivity contribution in [2.75, 3.05) is 32.7 Å². The Hall–Kier alpha value is -1.01. The Morgan fingerprint density at radius 2 is 1.81 bits per heavy atom. The van der Waals surface area contributed by atoms with Gasteiger partial charge in [0.2, 0.25) is 0 Å². The molecule has 1 aliphatic rings. The van der Waals surface area contributed by atoms with E-state index in [-0.39, 0.29) is 5.82 Å². The molecule has 0 radical (unpaired) electrons. The SMILES string of the molecule is CC(C)(O)CN1CCN(Cc2cc(CN)ccc2F)CC1. The third kappa shape index (κ3) is 5.04. The summed E-state index contributed by atoms with van der Waals surface area (Å²) in [5.74, 6) is -0.161. The molecule has 0 unspecified atom stereocenters. The van der Waals surface area contributed by atoms with Crippen LogP contribution in [0.5, 0.6) is 0 Å². The molecule has 0 aliphatic carbocycles. The van der Waals surface area contributed by atoms with Crippen molar-refractivity contribution in [3.63, 3.8) is 0 Å². The second-order valence-corrected chi connectivity index (χ2v) is 6.49. The number of aliphatic hydroxyl groups is 1. The van der Waals surface area contributed by atoms with Gasteiger partial charge in [-0.05, 0) is 25.5 Å². The molecule has 1 aromatic carbocycles. The van der Waals surface area contributed by atoms with Gasteiger partial charge in [0.25, 0.3) is 0 Å². The second-order valence-electron chi connectivity index (χ2n) is 6.49. The normalized spacial score (nSPS) is 18.1. The summed E-state index contributed by atoms with van der Waals surface area (Å²) in [4.78, 5) is 4.50. The molecule has 1 heterocycles. The Morgan fingerprint density at radius 1 is 1.19 bits per heavy atom. The van der Waals surface area contributed by atoms with Crippen molar-refractivity contribution in [2.24, 2.45) is 5.73 Å². The monoisotopic (exact) mass is 295 g/mol. The maximum Gasteiger partial charge on any atom is 0.127 e. The molecule has 0 atom stereocenters. The molecule has 1 fully saturated rings. The highest BCUT2D eigenvalue weighted by atomic mass is 19.1. The van der Waals surface area contributed by atoms with E-state index in [0.29, 0.717) is 25.2 Å². The van der Waals surface area contributed by atoms with Gasteiger partial charge < -0.3 is 10.8 Å². The molecule has 0 spiro atoms. The summed E-state index contributed by atoms with van der Waals surface area (Å²) >= 11 is 0. The topological polar surface area (TPSA) is 52.7 Å². The maximum absolute atomic E-state index is 13.8. The lowest BCUT2D eigenvalue weighted by molar-refractivity contribution is 0.0165. The van der Waals surface area contributed by atoms with Gasteiger partial charge in [0.1, 0.15) is 5.82 Å². The molecule has 0 amide bonds. The van der Waals surface area contributed by atoms with E-state index in [1.807, 2.05) is 19.9 Å². The first-order chi connectivity index (χ1) is 9.87. The van der Waals surface area contributed by atoms with Crippen molar-refractivity contribution >= 4 is 0 Å². The average Bonchev–Trinajstić information content (AvgIpc) is 2.42. The van der Waals surface area contributed by atoms with Crippen LogP contribution in [0.15, 0.2) is 18.2 Å². The summed E-state index contributed by atoms with van der Waals surface area (Å²) in [7, 11) is 0. The largest absolute Gasteiger partial charge is 0.389 e. The van der Waals surface area contributed by atoms with Crippen LogP contribution in [-0.4, -0.2) is 53.2 Å². The fraction of sp³-hybridized carbons (Fsp3) is 0.625. The minimum atomic E-state index is -0.663. The van der Waals surface area contributed by atoms with Gasteiger partial charge in [0.15, 0.2) is 0 Å². The van der Waals surface area contributed by atoms with E-state index >= 15 is 0 Å². The van der Waals surface area contributed by atoms with Crippen LogP contribution in [0.25, 0.3) is 0 Å². The predicted octanol–water partition coefficient (Wildman–Crippen LogP) is 1.17. The van der Waals surface area contributed by atoms with E-state index < -0.39 is 5.60 Å². The van der Waals surface area contributed by atoms with Gasteiger partial charge in [0, 0.05) is 51.4 Å². The van der Waals surface area contributed by atoms with Crippen LogP contribution in [0.3, 0.4) is 0 Å². The van der Waals surface area contributed by atoms with E-state index in [1.165, 1.54) is 6.07 Å². The molecule has 0 bridgehead atoms. The third-order valence-corrected chi connectivity index (χ3v) is 3.82. The van der Waals surface area contributed by atoms with Gasteiger partial charge in [-0.3, -0.25) is 9.80 Å². The number of β-amino-alcohol motifs (C(OH)–C–C–N with tert-alkyl or cyclic N) is 1. The van der Waals surface area contributed by atoms with Crippen molar-refractivity contribution < 1.29 is 9.50 Å². The lowest BCUT2D eigenvalue weighted by Crippen LogP contribution is -2.50. The summed E-state index contributed by atoms with van der Waals surface area (Å²) < 4.78 is 13.8. The Bertz CT molecular complexity index is 465. The van der Waals surface area contributed by atoms with E-state index in [0.717, 1.165) is 31.7 Å². The Balaban J connectivity index is 1.89. The number of rotatable bonds is 5. The van der Waals surface area contributed by atoms with Crippen LogP contribution >= 0.6 is 0 Å². The van der Waals surface area contributed by atoms with Gasteiger partial charge >= 0.3 is 0 Å². The van der Waals surface area contributed by atoms with E-state index in [4.69, 9.17) is 5.73 Å². The number of hydrogen-bond acceptors (Lipinski definition) is 4. The number of hydrogen-bond donors (Lipinski definition) is 2. The summed E-state index contributed by atoms with van der Waals surface area (Å²) in [5.41, 5.74) is 6.63. The van der Waals surface area contributed by atoms with Crippen LogP contribution in [0.1, 0.15) is 25.0 Å². The highest BCUT2D eigenvalue weighted by molar-refractivity contribution is 5.25. The molecule has 1 saturated heterocycles. The standard InChI is InChI=1S/C16H26FN3O/c1-16(2,21)12-20-7-5-19(6-8-20)11-14-9-13(10-18)3-4-15(14)17/h3-4,9,21H,5-8,10-12,18H2,1-2H3. The molecule has 3 N–H and O–H groups in total. The van der Waals surface area contributed by atoms with Gasteiger partial charge in [0.05, 0.1) is 5.60 Å². The fourth-order valence-corrected chi connectivity index (χ4v) is 2.77. The van der Waals surface area contributed by atoms with Crippen LogP contribution in [0, 0.1) is 5.82 Å². The zero-order chi connectivity index (χ0) is 15.5. The predicted molar refractivity (Wildman–Crippen MR) is 82.3 cm³/mol. The molecular formula is C16H26FN3O. The third-order valence-electron chi connectivity index (χ3n) is 3.82. The summed E-state index contributed by atoms with van der Waals surface area (Å²) in [6.07, 6.45) is 0. The maximum atomic E-state index is 13.8. The van der Waals surface area contributed by atoms with E-state index in [1.54, 1.807) is 6.07 Å². The van der Waals surface area contributed by atoms with Crippen molar-refractivity contribution in [1.82, 2.24) is 9.80 Å². The van der Waals surface area contributed by atoms with Gasteiger partial charge in [-0.25, -0.2) is 4.39 Å². The highest BCUT2D eigenvalue weighted by Crippen LogP contribution is 2.15. The molecule has 5 heteroatoms. The number of halogens is 1. The van der Waals surface area contributed by atoms with Gasteiger partial charge in [-0.2, -0.15) is 0 Å². The number of benzene rings is 1. The number of piperazine rings is 1. The summed E-state index contributed by atoms with van der Waals surface area (Å²) in [6.45, 7) is 8.98. The average molecular weight is 295 g/mol. The molecule has 2 rings (SSSR count). The van der Waals surface area contributed by atoms with Crippen molar-refractivity contribution in [3.05, 3.63) is 35.1 Å². The van der Waals surface area contributed by atoms with Crippen LogP contribution < -0.4 is 5.73 Å². The molecular weight excluding hydrogens is 269 g/mol. The van der Waals surface area contributed by atoms with Crippen molar-refractivity contribution in [1.29, 1.82) is 0 Å².